The molecule has 0 radical (unpaired) electrons. The second kappa shape index (κ2) is 2.46. The third kappa shape index (κ3) is 1.46. The molecule has 2 heteroatoms. The summed E-state index contributed by atoms with van der Waals surface area (Å²) in [6.45, 7) is 0. The average Bonchev–Trinajstić information content (AvgIpc) is 1.64. The van der Waals surface area contributed by atoms with Crippen molar-refractivity contribution in [3.05, 3.63) is 0 Å². The van der Waals surface area contributed by atoms with Crippen molar-refractivity contribution in [3.8, 4) is 0 Å². The molecular formula is C6H14N2. The van der Waals surface area contributed by atoms with E-state index in [2.05, 4.69) is 0 Å². The van der Waals surface area contributed by atoms with E-state index in [0.29, 0.717) is 12.1 Å². The standard InChI is InChI=1S/C6H14N2/c7-5-2-1-3-6(8)4-5/h5-6H,1-4,7-8H2/t5-,6+. The smallest absolute Gasteiger partial charge is 0.00535 e. The highest BCUT2D eigenvalue weighted by molar-refractivity contribution is 4.76. The van der Waals surface area contributed by atoms with Gasteiger partial charge >= 0.3 is 0 Å². The Morgan fingerprint density at radius 3 is 1.75 bits per heavy atom. The molecule has 0 bridgehead atoms. The number of hydrogen-bond acceptors (Lipinski definition) is 2. The number of nitrogens with two attached hydrogens (primary N) is 2. The molecule has 0 heterocycles. The monoisotopic (exact) mass is 114 g/mol. The van der Waals surface area contributed by atoms with E-state index in [1.807, 2.05) is 0 Å². The topological polar surface area (TPSA) is 52.0 Å². The molecule has 1 aliphatic carbocycles. The zero-order valence-electron chi connectivity index (χ0n) is 5.14. The Hall–Kier alpha value is -0.0800. The maximum absolute atomic E-state index is 5.65. The fourth-order valence-corrected chi connectivity index (χ4v) is 1.27. The van der Waals surface area contributed by atoms with E-state index in [-0.39, 0.29) is 0 Å². The summed E-state index contributed by atoms with van der Waals surface area (Å²) in [7, 11) is 0. The molecule has 0 aromatic rings. The first-order valence-corrected chi connectivity index (χ1v) is 3.30. The van der Waals surface area contributed by atoms with E-state index < -0.39 is 0 Å². The van der Waals surface area contributed by atoms with Crippen molar-refractivity contribution in [2.24, 2.45) is 11.5 Å². The van der Waals surface area contributed by atoms with Crippen molar-refractivity contribution in [2.45, 2.75) is 37.8 Å². The van der Waals surface area contributed by atoms with Crippen molar-refractivity contribution < 1.29 is 0 Å². The van der Waals surface area contributed by atoms with Crippen molar-refractivity contribution >= 4 is 0 Å². The molecule has 0 aromatic heterocycles. The fourth-order valence-electron chi connectivity index (χ4n) is 1.27. The molecule has 1 fully saturated rings. The van der Waals surface area contributed by atoms with Crippen LogP contribution in [-0.4, -0.2) is 12.1 Å². The minimum absolute atomic E-state index is 0.388. The van der Waals surface area contributed by atoms with Crippen molar-refractivity contribution in [2.75, 3.05) is 0 Å². The summed E-state index contributed by atoms with van der Waals surface area (Å²) in [5.74, 6) is 0. The zero-order chi connectivity index (χ0) is 5.98. The normalized spacial score (nSPS) is 39.8. The summed E-state index contributed by atoms with van der Waals surface area (Å²) >= 11 is 0. The first kappa shape index (κ1) is 6.05. The summed E-state index contributed by atoms with van der Waals surface area (Å²) < 4.78 is 0. The van der Waals surface area contributed by atoms with E-state index in [9.17, 15) is 0 Å². The van der Waals surface area contributed by atoms with E-state index in [4.69, 9.17) is 11.5 Å². The fraction of sp³-hybridized carbons (Fsp3) is 1.00. The van der Waals surface area contributed by atoms with Crippen LogP contribution >= 0.6 is 0 Å². The predicted octanol–water partition coefficient (Wildman–Crippen LogP) is 0.215. The summed E-state index contributed by atoms with van der Waals surface area (Å²) in [6.07, 6.45) is 4.60. The Labute approximate surface area is 50.2 Å². The second-order valence-electron chi connectivity index (χ2n) is 2.69. The lowest BCUT2D eigenvalue weighted by molar-refractivity contribution is 0.392. The van der Waals surface area contributed by atoms with E-state index in [1.165, 1.54) is 19.3 Å². The van der Waals surface area contributed by atoms with Gasteiger partial charge in [0.25, 0.3) is 0 Å². The molecule has 0 aliphatic heterocycles. The van der Waals surface area contributed by atoms with Gasteiger partial charge in [0.2, 0.25) is 0 Å². The maximum atomic E-state index is 5.65. The first-order valence-electron chi connectivity index (χ1n) is 3.30. The van der Waals surface area contributed by atoms with Gasteiger partial charge in [0.05, 0.1) is 0 Å². The lowest BCUT2D eigenvalue weighted by Gasteiger charge is -2.22. The molecule has 0 unspecified atom stereocenters. The van der Waals surface area contributed by atoms with Crippen LogP contribution in [0.4, 0.5) is 0 Å². The molecule has 2 atom stereocenters. The van der Waals surface area contributed by atoms with Crippen molar-refractivity contribution in [1.82, 2.24) is 0 Å². The maximum Gasteiger partial charge on any atom is 0.00535 e. The highest BCUT2D eigenvalue weighted by atomic mass is 14.7. The quantitative estimate of drug-likeness (QED) is 0.473. The van der Waals surface area contributed by atoms with Crippen LogP contribution < -0.4 is 11.5 Å². The molecule has 8 heavy (non-hydrogen) atoms. The van der Waals surface area contributed by atoms with Gasteiger partial charge in [-0.05, 0) is 19.3 Å². The minimum atomic E-state index is 0.388. The molecule has 0 amide bonds. The van der Waals surface area contributed by atoms with Gasteiger partial charge in [-0.15, -0.1) is 0 Å². The molecule has 48 valence electrons. The van der Waals surface area contributed by atoms with Gasteiger partial charge in [-0.25, -0.2) is 0 Å². The largest absolute Gasteiger partial charge is 0.328 e. The van der Waals surface area contributed by atoms with Gasteiger partial charge in [0.15, 0.2) is 0 Å². The van der Waals surface area contributed by atoms with Crippen LogP contribution in [0.5, 0.6) is 0 Å². The van der Waals surface area contributed by atoms with Crippen molar-refractivity contribution in [3.63, 3.8) is 0 Å². The third-order valence-electron chi connectivity index (χ3n) is 1.76. The Bertz CT molecular complexity index is 64.9. The summed E-state index contributed by atoms with van der Waals surface area (Å²) in [6, 6.07) is 0.775. The van der Waals surface area contributed by atoms with Gasteiger partial charge in [0, 0.05) is 12.1 Å². The highest BCUT2D eigenvalue weighted by Gasteiger charge is 2.14. The molecular weight excluding hydrogens is 100 g/mol. The van der Waals surface area contributed by atoms with Crippen LogP contribution in [0.25, 0.3) is 0 Å². The molecule has 4 N–H and O–H groups in total. The molecule has 0 spiro atoms. The first-order chi connectivity index (χ1) is 3.79. The lowest BCUT2D eigenvalue weighted by Crippen LogP contribution is -2.35. The van der Waals surface area contributed by atoms with Crippen molar-refractivity contribution in [1.29, 1.82) is 0 Å². The molecule has 0 saturated heterocycles. The van der Waals surface area contributed by atoms with Crippen LogP contribution in [0, 0.1) is 0 Å². The van der Waals surface area contributed by atoms with Crippen LogP contribution in [-0.2, 0) is 0 Å². The Morgan fingerprint density at radius 2 is 1.50 bits per heavy atom. The Kier molecular flexibility index (Phi) is 1.86. The van der Waals surface area contributed by atoms with E-state index in [0.717, 1.165) is 6.42 Å². The predicted molar refractivity (Wildman–Crippen MR) is 34.4 cm³/mol. The zero-order valence-corrected chi connectivity index (χ0v) is 5.14. The van der Waals surface area contributed by atoms with Crippen LogP contribution in [0.2, 0.25) is 0 Å². The molecule has 1 rings (SSSR count). The summed E-state index contributed by atoms with van der Waals surface area (Å²) in [4.78, 5) is 0. The van der Waals surface area contributed by atoms with Crippen LogP contribution in [0.3, 0.4) is 0 Å². The Morgan fingerprint density at radius 1 is 1.00 bits per heavy atom. The highest BCUT2D eigenvalue weighted by Crippen LogP contribution is 2.14. The van der Waals surface area contributed by atoms with Crippen LogP contribution in [0.15, 0.2) is 0 Å². The average molecular weight is 114 g/mol. The van der Waals surface area contributed by atoms with Gasteiger partial charge in [-0.1, -0.05) is 6.42 Å². The molecule has 2 nitrogen and oxygen atoms in total. The summed E-state index contributed by atoms with van der Waals surface area (Å²) in [5.41, 5.74) is 11.3. The van der Waals surface area contributed by atoms with Gasteiger partial charge in [0.1, 0.15) is 0 Å². The molecule has 0 aromatic carbocycles. The van der Waals surface area contributed by atoms with Gasteiger partial charge < -0.3 is 11.5 Å². The van der Waals surface area contributed by atoms with E-state index in [1.54, 1.807) is 0 Å². The summed E-state index contributed by atoms with van der Waals surface area (Å²) in [5, 5.41) is 0. The SMILES string of the molecule is N[C@@H]1CCC[C@H](N)C1. The molecule has 1 saturated carbocycles. The number of rotatable bonds is 0. The van der Waals surface area contributed by atoms with Gasteiger partial charge in [-0.2, -0.15) is 0 Å². The lowest BCUT2D eigenvalue weighted by atomic mass is 9.92. The van der Waals surface area contributed by atoms with E-state index >= 15 is 0 Å². The third-order valence-corrected chi connectivity index (χ3v) is 1.76. The van der Waals surface area contributed by atoms with Gasteiger partial charge in [-0.3, -0.25) is 0 Å². The minimum Gasteiger partial charge on any atom is -0.328 e. The van der Waals surface area contributed by atoms with Crippen LogP contribution in [0.1, 0.15) is 25.7 Å². The Balaban J connectivity index is 2.23. The molecule has 1 aliphatic rings. The number of hydrogen-bond donors (Lipinski definition) is 2. The second-order valence-corrected chi connectivity index (χ2v) is 2.69.